The minimum absolute atomic E-state index is 0.0267. The Morgan fingerprint density at radius 3 is 2.70 bits per heavy atom. The first-order valence-electron chi connectivity index (χ1n) is 8.32. The van der Waals surface area contributed by atoms with Crippen LogP contribution in [0.3, 0.4) is 0 Å². The van der Waals surface area contributed by atoms with Crippen LogP contribution in [0, 0.1) is 10.1 Å². The molecule has 27 heavy (non-hydrogen) atoms. The first-order chi connectivity index (χ1) is 12.7. The van der Waals surface area contributed by atoms with Gasteiger partial charge in [-0.1, -0.05) is 11.6 Å². The maximum atomic E-state index is 12.8. The van der Waals surface area contributed by atoms with Gasteiger partial charge in [0.05, 0.1) is 28.7 Å². The third kappa shape index (κ3) is 3.98. The lowest BCUT2D eigenvalue weighted by Gasteiger charge is -2.38. The molecule has 1 aliphatic heterocycles. The van der Waals surface area contributed by atoms with E-state index < -0.39 is 16.4 Å². The van der Waals surface area contributed by atoms with E-state index in [0.717, 1.165) is 5.56 Å². The van der Waals surface area contributed by atoms with Crippen molar-refractivity contribution in [3.05, 3.63) is 62.7 Å². The monoisotopic (exact) mass is 390 g/mol. The largest absolute Gasteiger partial charge is 0.497 e. The van der Waals surface area contributed by atoms with Gasteiger partial charge in [0.1, 0.15) is 17.1 Å². The van der Waals surface area contributed by atoms with E-state index in [1.807, 2.05) is 26.0 Å². The number of fused-ring (bicyclic) bond motifs is 1. The number of hydrogen-bond donors (Lipinski definition) is 1. The molecule has 1 N–H and O–H groups in total. The lowest BCUT2D eigenvalue weighted by atomic mass is 9.89. The van der Waals surface area contributed by atoms with Gasteiger partial charge in [-0.05, 0) is 38.1 Å². The molecule has 7 nitrogen and oxygen atoms in total. The number of hydrogen-bond acceptors (Lipinski definition) is 5. The molecular weight excluding hydrogens is 372 g/mol. The highest BCUT2D eigenvalue weighted by molar-refractivity contribution is 6.34. The second-order valence-corrected chi connectivity index (χ2v) is 7.32. The van der Waals surface area contributed by atoms with Crippen LogP contribution in [0.15, 0.2) is 36.4 Å². The van der Waals surface area contributed by atoms with Crippen molar-refractivity contribution in [3.63, 3.8) is 0 Å². The van der Waals surface area contributed by atoms with E-state index in [4.69, 9.17) is 21.1 Å². The average Bonchev–Trinajstić information content (AvgIpc) is 2.60. The summed E-state index contributed by atoms with van der Waals surface area (Å²) in [5.74, 6) is 0.920. The van der Waals surface area contributed by atoms with Crippen molar-refractivity contribution in [3.8, 4) is 11.5 Å². The van der Waals surface area contributed by atoms with E-state index in [-0.39, 0.29) is 22.3 Å². The fourth-order valence-electron chi connectivity index (χ4n) is 3.13. The summed E-state index contributed by atoms with van der Waals surface area (Å²) < 4.78 is 11.3. The molecule has 0 bridgehead atoms. The molecule has 0 aliphatic carbocycles. The highest BCUT2D eigenvalue weighted by atomic mass is 35.5. The summed E-state index contributed by atoms with van der Waals surface area (Å²) in [5.41, 5.74) is 0.341. The number of rotatable bonds is 4. The van der Waals surface area contributed by atoms with E-state index in [1.165, 1.54) is 18.2 Å². The molecule has 0 aromatic heterocycles. The molecule has 8 heteroatoms. The molecule has 3 rings (SSSR count). The fraction of sp³-hybridized carbons (Fsp3) is 0.316. The van der Waals surface area contributed by atoms with Gasteiger partial charge >= 0.3 is 0 Å². The summed E-state index contributed by atoms with van der Waals surface area (Å²) in [6, 6.07) is 8.89. The number of halogens is 1. The first kappa shape index (κ1) is 19.0. The molecule has 2 aromatic rings. The Bertz CT molecular complexity index is 913. The van der Waals surface area contributed by atoms with E-state index in [1.54, 1.807) is 13.2 Å². The number of amides is 1. The van der Waals surface area contributed by atoms with E-state index in [9.17, 15) is 14.9 Å². The van der Waals surface area contributed by atoms with Gasteiger partial charge in [0.15, 0.2) is 0 Å². The number of benzene rings is 2. The van der Waals surface area contributed by atoms with Gasteiger partial charge in [0.25, 0.3) is 11.6 Å². The van der Waals surface area contributed by atoms with Crippen molar-refractivity contribution in [1.82, 2.24) is 5.32 Å². The smallest absolute Gasteiger partial charge is 0.270 e. The van der Waals surface area contributed by atoms with Gasteiger partial charge in [-0.15, -0.1) is 0 Å². The Morgan fingerprint density at radius 2 is 2.07 bits per heavy atom. The Labute approximate surface area is 161 Å². The summed E-state index contributed by atoms with van der Waals surface area (Å²) in [4.78, 5) is 23.0. The molecule has 2 aromatic carbocycles. The lowest BCUT2D eigenvalue weighted by molar-refractivity contribution is -0.384. The second kappa shape index (κ2) is 7.08. The summed E-state index contributed by atoms with van der Waals surface area (Å²) in [6.07, 6.45) is 0.545. The number of nitrogens with zero attached hydrogens (tertiary/aromatic N) is 1. The zero-order valence-corrected chi connectivity index (χ0v) is 15.9. The Kier molecular flexibility index (Phi) is 4.97. The number of carbonyl (C=O) groups is 1. The van der Waals surface area contributed by atoms with Crippen LogP contribution in [0.4, 0.5) is 5.69 Å². The van der Waals surface area contributed by atoms with Crippen molar-refractivity contribution >= 4 is 23.2 Å². The Morgan fingerprint density at radius 1 is 1.33 bits per heavy atom. The maximum Gasteiger partial charge on any atom is 0.270 e. The van der Waals surface area contributed by atoms with E-state index in [2.05, 4.69) is 5.32 Å². The third-order valence-corrected chi connectivity index (χ3v) is 4.70. The molecule has 142 valence electrons. The summed E-state index contributed by atoms with van der Waals surface area (Å²) in [6.45, 7) is 3.89. The number of non-ortho nitro benzene ring substituents is 1. The van der Waals surface area contributed by atoms with Gasteiger partial charge in [-0.3, -0.25) is 14.9 Å². The Balaban J connectivity index is 1.91. The van der Waals surface area contributed by atoms with Crippen LogP contribution in [-0.4, -0.2) is 23.5 Å². The van der Waals surface area contributed by atoms with Gasteiger partial charge < -0.3 is 14.8 Å². The summed E-state index contributed by atoms with van der Waals surface area (Å²) in [5, 5.41) is 13.8. The molecule has 0 unspecified atom stereocenters. The normalized spacial score (nSPS) is 17.4. The van der Waals surface area contributed by atoms with Gasteiger partial charge in [0, 0.05) is 24.1 Å². The molecular formula is C19H19ClN2O5. The molecule has 1 atom stereocenters. The molecule has 0 saturated carbocycles. The van der Waals surface area contributed by atoms with Crippen molar-refractivity contribution in [2.75, 3.05) is 7.11 Å². The minimum atomic E-state index is -0.558. The highest BCUT2D eigenvalue weighted by Gasteiger charge is 2.35. The third-order valence-electron chi connectivity index (χ3n) is 4.39. The fourth-order valence-corrected chi connectivity index (χ4v) is 3.39. The van der Waals surface area contributed by atoms with Crippen LogP contribution in [0.5, 0.6) is 11.5 Å². The van der Waals surface area contributed by atoms with Crippen LogP contribution in [0.1, 0.15) is 42.2 Å². The molecule has 1 amide bonds. The van der Waals surface area contributed by atoms with E-state index >= 15 is 0 Å². The van der Waals surface area contributed by atoms with Crippen molar-refractivity contribution in [2.24, 2.45) is 0 Å². The molecule has 0 fully saturated rings. The van der Waals surface area contributed by atoms with Crippen LogP contribution >= 0.6 is 11.6 Å². The summed E-state index contributed by atoms with van der Waals surface area (Å²) >= 11 is 6.08. The van der Waals surface area contributed by atoms with Gasteiger partial charge in [0.2, 0.25) is 0 Å². The molecule has 0 radical (unpaired) electrons. The molecule has 1 aliphatic rings. The topological polar surface area (TPSA) is 90.7 Å². The van der Waals surface area contributed by atoms with Crippen molar-refractivity contribution in [2.45, 2.75) is 31.9 Å². The maximum absolute atomic E-state index is 12.8. The number of carbonyl (C=O) groups excluding carboxylic acids is 1. The minimum Gasteiger partial charge on any atom is -0.497 e. The number of nitro benzene ring substituents is 1. The second-order valence-electron chi connectivity index (χ2n) is 6.92. The van der Waals surface area contributed by atoms with Crippen LogP contribution in [0.2, 0.25) is 5.02 Å². The number of nitro groups is 1. The number of nitrogens with one attached hydrogen (secondary N) is 1. The molecule has 0 spiro atoms. The number of ether oxygens (including phenoxy) is 2. The van der Waals surface area contributed by atoms with Gasteiger partial charge in [-0.25, -0.2) is 0 Å². The standard InChI is InChI=1S/C19H19ClN2O5/c1-19(2)10-16(14-9-12(26-3)5-7-17(14)27-19)21-18(23)13-6-4-11(22(24)25)8-15(13)20/h4-9,16H,10H2,1-3H3,(H,21,23)/t16-/m0/s1. The number of methoxy groups -OCH3 is 1. The first-order valence-corrected chi connectivity index (χ1v) is 8.70. The summed E-state index contributed by atoms with van der Waals surface area (Å²) in [7, 11) is 1.57. The Hall–Kier alpha value is -2.80. The van der Waals surface area contributed by atoms with Gasteiger partial charge in [-0.2, -0.15) is 0 Å². The van der Waals surface area contributed by atoms with Crippen molar-refractivity contribution in [1.29, 1.82) is 0 Å². The zero-order chi connectivity index (χ0) is 19.8. The lowest BCUT2D eigenvalue weighted by Crippen LogP contribution is -2.41. The van der Waals surface area contributed by atoms with Crippen LogP contribution in [0.25, 0.3) is 0 Å². The van der Waals surface area contributed by atoms with Crippen LogP contribution < -0.4 is 14.8 Å². The zero-order valence-electron chi connectivity index (χ0n) is 15.1. The molecule has 0 saturated heterocycles. The van der Waals surface area contributed by atoms with E-state index in [0.29, 0.717) is 17.9 Å². The quantitative estimate of drug-likeness (QED) is 0.621. The average molecular weight is 391 g/mol. The SMILES string of the molecule is COc1ccc2c(c1)[C@@H](NC(=O)c1ccc([N+](=O)[O-])cc1Cl)CC(C)(C)O2. The van der Waals surface area contributed by atoms with Crippen molar-refractivity contribution < 1.29 is 19.2 Å². The van der Waals surface area contributed by atoms with Crippen LogP contribution in [-0.2, 0) is 0 Å². The predicted octanol–water partition coefficient (Wildman–Crippen LogP) is 4.29. The predicted molar refractivity (Wildman–Crippen MR) is 101 cm³/mol. The molecule has 1 heterocycles. The highest BCUT2D eigenvalue weighted by Crippen LogP contribution is 2.41.